The quantitative estimate of drug-likeness (QED) is 0.748. The third-order valence-electron chi connectivity index (χ3n) is 5.16. The molecule has 3 rings (SSSR count). The van der Waals surface area contributed by atoms with Gasteiger partial charge in [0.25, 0.3) is 5.56 Å². The van der Waals surface area contributed by atoms with Crippen LogP contribution in [-0.2, 0) is 9.53 Å². The van der Waals surface area contributed by atoms with Crippen molar-refractivity contribution in [1.29, 1.82) is 0 Å². The molecule has 8 nitrogen and oxygen atoms in total. The molecule has 0 saturated carbocycles. The summed E-state index contributed by atoms with van der Waals surface area (Å²) in [6.07, 6.45) is 1.41. The number of carbonyl (C=O) groups is 2. The monoisotopic (exact) mass is 392 g/mol. The van der Waals surface area contributed by atoms with E-state index in [1.807, 2.05) is 6.92 Å². The zero-order valence-corrected chi connectivity index (χ0v) is 16.5. The first-order valence-electron chi connectivity index (χ1n) is 9.07. The average molecular weight is 392 g/mol. The van der Waals surface area contributed by atoms with Gasteiger partial charge in [-0.25, -0.2) is 9.78 Å². The number of amides is 1. The van der Waals surface area contributed by atoms with E-state index in [0.29, 0.717) is 52.4 Å². The molecule has 27 heavy (non-hydrogen) atoms. The predicted molar refractivity (Wildman–Crippen MR) is 103 cm³/mol. The van der Waals surface area contributed by atoms with E-state index in [1.165, 1.54) is 11.3 Å². The number of piperidine rings is 1. The molecule has 0 spiro atoms. The van der Waals surface area contributed by atoms with Crippen LogP contribution in [0.5, 0.6) is 0 Å². The Bertz CT molecular complexity index is 927. The number of ether oxygens (including phenoxy) is 1. The molecule has 0 bridgehead atoms. The van der Waals surface area contributed by atoms with Crippen LogP contribution >= 0.6 is 11.3 Å². The smallest absolute Gasteiger partial charge is 0.348 e. The summed E-state index contributed by atoms with van der Waals surface area (Å²) in [7, 11) is 0. The molecule has 0 aromatic carbocycles. The van der Waals surface area contributed by atoms with Gasteiger partial charge in [-0.3, -0.25) is 14.5 Å². The van der Waals surface area contributed by atoms with E-state index in [0.717, 1.165) is 0 Å². The van der Waals surface area contributed by atoms with Crippen LogP contribution in [0.25, 0.3) is 10.2 Å². The summed E-state index contributed by atoms with van der Waals surface area (Å²) in [5.74, 6) is -0.215. The Morgan fingerprint density at radius 2 is 2.07 bits per heavy atom. The molecule has 1 aliphatic rings. The fourth-order valence-corrected chi connectivity index (χ4v) is 4.58. The van der Waals surface area contributed by atoms with Gasteiger partial charge in [0, 0.05) is 5.92 Å². The lowest BCUT2D eigenvalue weighted by Gasteiger charge is -2.34. The number of thiophene rings is 1. The first-order chi connectivity index (χ1) is 12.8. The Balaban J connectivity index is 1.89. The summed E-state index contributed by atoms with van der Waals surface area (Å²) in [6, 6.07) is -0.107. The van der Waals surface area contributed by atoms with E-state index in [1.54, 1.807) is 13.8 Å². The SMILES string of the molecule is CCOC(=O)c1sc2nc(C(C)N3CCC(C(N)=O)CC3)[nH]c(=O)c2c1C. The number of likely N-dealkylation sites (tertiary alicyclic amines) is 1. The van der Waals surface area contributed by atoms with E-state index in [-0.39, 0.29) is 30.0 Å². The van der Waals surface area contributed by atoms with Crippen molar-refractivity contribution in [2.24, 2.45) is 11.7 Å². The van der Waals surface area contributed by atoms with Gasteiger partial charge in [0.05, 0.1) is 18.0 Å². The van der Waals surface area contributed by atoms with Crippen molar-refractivity contribution in [2.45, 2.75) is 39.7 Å². The zero-order valence-electron chi connectivity index (χ0n) is 15.7. The third kappa shape index (κ3) is 3.74. The van der Waals surface area contributed by atoms with Gasteiger partial charge in [-0.15, -0.1) is 11.3 Å². The van der Waals surface area contributed by atoms with Crippen LogP contribution < -0.4 is 11.3 Å². The van der Waals surface area contributed by atoms with Gasteiger partial charge in [0.1, 0.15) is 15.5 Å². The Morgan fingerprint density at radius 3 is 2.67 bits per heavy atom. The van der Waals surface area contributed by atoms with Crippen LogP contribution in [0.3, 0.4) is 0 Å². The Kier molecular flexibility index (Phi) is 5.61. The van der Waals surface area contributed by atoms with Gasteiger partial charge in [-0.05, 0) is 52.3 Å². The van der Waals surface area contributed by atoms with E-state index in [2.05, 4.69) is 14.9 Å². The third-order valence-corrected chi connectivity index (χ3v) is 6.32. The van der Waals surface area contributed by atoms with Crippen molar-refractivity contribution in [3.05, 3.63) is 26.6 Å². The average Bonchev–Trinajstić information content (AvgIpc) is 2.98. The molecular weight excluding hydrogens is 368 g/mol. The number of H-pyrrole nitrogens is 1. The Hall–Kier alpha value is -2.26. The number of fused-ring (bicyclic) bond motifs is 1. The number of hydrogen-bond donors (Lipinski definition) is 2. The number of aryl methyl sites for hydroxylation is 1. The minimum atomic E-state index is -0.430. The Labute approximate surface area is 160 Å². The first-order valence-corrected chi connectivity index (χ1v) is 9.88. The number of nitrogens with zero attached hydrogens (tertiary/aromatic N) is 2. The van der Waals surface area contributed by atoms with Gasteiger partial charge >= 0.3 is 5.97 Å². The maximum Gasteiger partial charge on any atom is 0.348 e. The van der Waals surface area contributed by atoms with E-state index in [4.69, 9.17) is 10.5 Å². The highest BCUT2D eigenvalue weighted by Crippen LogP contribution is 2.30. The molecule has 0 aliphatic carbocycles. The predicted octanol–water partition coefficient (Wildman–Crippen LogP) is 1.73. The standard InChI is InChI=1S/C18H24N4O4S/c1-4-26-18(25)13-9(2)12-16(24)20-15(21-17(12)27-13)10(3)22-7-5-11(6-8-22)14(19)23/h10-11H,4-8H2,1-3H3,(H2,19,23)(H,20,21,24). The number of carbonyl (C=O) groups excluding carboxylic acids is 2. The Morgan fingerprint density at radius 1 is 1.41 bits per heavy atom. The number of aromatic nitrogens is 2. The van der Waals surface area contributed by atoms with Crippen LogP contribution in [0.2, 0.25) is 0 Å². The second-order valence-corrected chi connectivity index (χ2v) is 7.80. The highest BCUT2D eigenvalue weighted by Gasteiger charge is 2.28. The summed E-state index contributed by atoms with van der Waals surface area (Å²) in [5.41, 5.74) is 5.74. The lowest BCUT2D eigenvalue weighted by atomic mass is 9.95. The van der Waals surface area contributed by atoms with E-state index >= 15 is 0 Å². The molecule has 9 heteroatoms. The fraction of sp³-hybridized carbons (Fsp3) is 0.556. The second kappa shape index (κ2) is 7.77. The van der Waals surface area contributed by atoms with Crippen LogP contribution in [0, 0.1) is 12.8 Å². The van der Waals surface area contributed by atoms with Gasteiger partial charge in [0.15, 0.2) is 0 Å². The molecule has 2 aromatic rings. The number of primary amides is 1. The van der Waals surface area contributed by atoms with Crippen LogP contribution in [0.1, 0.15) is 53.8 Å². The molecule has 146 valence electrons. The van der Waals surface area contributed by atoms with Crippen LogP contribution in [0.15, 0.2) is 4.79 Å². The summed E-state index contributed by atoms with van der Waals surface area (Å²) in [6.45, 7) is 7.16. The summed E-state index contributed by atoms with van der Waals surface area (Å²) in [4.78, 5) is 46.7. The largest absolute Gasteiger partial charge is 0.462 e. The lowest BCUT2D eigenvalue weighted by Crippen LogP contribution is -2.40. The molecule has 3 heterocycles. The summed E-state index contributed by atoms with van der Waals surface area (Å²) in [5, 5.41) is 0.437. The minimum absolute atomic E-state index is 0.0879. The molecule has 1 unspecified atom stereocenters. The minimum Gasteiger partial charge on any atom is -0.462 e. The number of rotatable bonds is 5. The molecule has 1 fully saturated rings. The van der Waals surface area contributed by atoms with Crippen molar-refractivity contribution in [3.63, 3.8) is 0 Å². The molecular formula is C18H24N4O4S. The molecule has 1 saturated heterocycles. The van der Waals surface area contributed by atoms with Crippen molar-refractivity contribution in [1.82, 2.24) is 14.9 Å². The maximum atomic E-state index is 12.6. The number of esters is 1. The highest BCUT2D eigenvalue weighted by molar-refractivity contribution is 7.20. The van der Waals surface area contributed by atoms with E-state index in [9.17, 15) is 14.4 Å². The van der Waals surface area contributed by atoms with Gasteiger partial charge in [-0.2, -0.15) is 0 Å². The fourth-order valence-electron chi connectivity index (χ4n) is 3.49. The molecule has 1 atom stereocenters. The van der Waals surface area contributed by atoms with Crippen molar-refractivity contribution in [2.75, 3.05) is 19.7 Å². The van der Waals surface area contributed by atoms with E-state index < -0.39 is 5.97 Å². The molecule has 2 aromatic heterocycles. The van der Waals surface area contributed by atoms with Crippen molar-refractivity contribution >= 4 is 33.4 Å². The summed E-state index contributed by atoms with van der Waals surface area (Å²) < 4.78 is 5.07. The van der Waals surface area contributed by atoms with Gasteiger partial charge < -0.3 is 15.5 Å². The molecule has 3 N–H and O–H groups in total. The van der Waals surface area contributed by atoms with Crippen LogP contribution in [-0.4, -0.2) is 46.4 Å². The summed E-state index contributed by atoms with van der Waals surface area (Å²) >= 11 is 1.18. The van der Waals surface area contributed by atoms with Crippen LogP contribution in [0.4, 0.5) is 0 Å². The number of aromatic amines is 1. The van der Waals surface area contributed by atoms with Crippen molar-refractivity contribution < 1.29 is 14.3 Å². The normalized spacial score (nSPS) is 17.1. The number of nitrogens with two attached hydrogens (primary N) is 1. The number of hydrogen-bond acceptors (Lipinski definition) is 7. The first kappa shape index (κ1) is 19.5. The maximum absolute atomic E-state index is 12.6. The zero-order chi connectivity index (χ0) is 19.7. The number of nitrogens with one attached hydrogen (secondary N) is 1. The second-order valence-electron chi connectivity index (χ2n) is 6.80. The highest BCUT2D eigenvalue weighted by atomic mass is 32.1. The van der Waals surface area contributed by atoms with Gasteiger partial charge in [-0.1, -0.05) is 0 Å². The molecule has 1 aliphatic heterocycles. The van der Waals surface area contributed by atoms with Crippen molar-refractivity contribution in [3.8, 4) is 0 Å². The lowest BCUT2D eigenvalue weighted by molar-refractivity contribution is -0.123. The van der Waals surface area contributed by atoms with Gasteiger partial charge in [0.2, 0.25) is 5.91 Å². The molecule has 1 amide bonds. The molecule has 0 radical (unpaired) electrons. The topological polar surface area (TPSA) is 118 Å².